The van der Waals surface area contributed by atoms with E-state index in [4.69, 9.17) is 10.2 Å². The zero-order valence-electron chi connectivity index (χ0n) is 7.78. The predicted octanol–water partition coefficient (Wildman–Crippen LogP) is -0.157. The van der Waals surface area contributed by atoms with Gasteiger partial charge in [-0.3, -0.25) is 4.79 Å². The molecule has 0 aromatic heterocycles. The number of hydrogen-bond donors (Lipinski definition) is 2. The van der Waals surface area contributed by atoms with Crippen LogP contribution >= 0.6 is 0 Å². The van der Waals surface area contributed by atoms with Gasteiger partial charge in [0.1, 0.15) is 6.04 Å². The zero-order valence-corrected chi connectivity index (χ0v) is 7.78. The fourth-order valence-corrected chi connectivity index (χ4v) is 0.947. The molecule has 0 spiro atoms. The summed E-state index contributed by atoms with van der Waals surface area (Å²) in [4.78, 5) is 21.2. The highest BCUT2D eigenvalue weighted by molar-refractivity contribution is 5.86. The quantitative estimate of drug-likeness (QED) is 0.702. The van der Waals surface area contributed by atoms with E-state index >= 15 is 0 Å². The third kappa shape index (κ3) is 3.74. The summed E-state index contributed by atoms with van der Waals surface area (Å²) >= 11 is 0. The number of alkyl halides is 3. The Morgan fingerprint density at radius 2 is 1.87 bits per heavy atom. The van der Waals surface area contributed by atoms with Crippen LogP contribution in [0.2, 0.25) is 0 Å². The van der Waals surface area contributed by atoms with Crippen LogP contribution in [0.5, 0.6) is 0 Å². The van der Waals surface area contributed by atoms with Crippen molar-refractivity contribution in [1.82, 2.24) is 4.90 Å². The number of rotatable bonds is 4. The van der Waals surface area contributed by atoms with Gasteiger partial charge in [-0.1, -0.05) is 0 Å². The minimum atomic E-state index is -5.11. The highest BCUT2D eigenvalue weighted by atomic mass is 19.4. The van der Waals surface area contributed by atoms with Crippen molar-refractivity contribution in [2.24, 2.45) is 0 Å². The summed E-state index contributed by atoms with van der Waals surface area (Å²) in [7, 11) is 0.726. The Labute approximate surface area is 83.1 Å². The number of carbonyl (C=O) groups excluding carboxylic acids is 1. The topological polar surface area (TPSA) is 77.8 Å². The Balaban J connectivity index is 4.71. The normalized spacial score (nSPS) is 13.4. The van der Waals surface area contributed by atoms with Crippen molar-refractivity contribution in [3.8, 4) is 0 Å². The monoisotopic (exact) mass is 229 g/mol. The minimum absolute atomic E-state index is 0.0541. The van der Waals surface area contributed by atoms with Gasteiger partial charge in [0, 0.05) is 20.1 Å². The van der Waals surface area contributed by atoms with Gasteiger partial charge in [0.05, 0.1) is 0 Å². The van der Waals surface area contributed by atoms with Crippen LogP contribution in [-0.4, -0.2) is 52.9 Å². The van der Waals surface area contributed by atoms with E-state index < -0.39 is 37.1 Å². The van der Waals surface area contributed by atoms with Crippen molar-refractivity contribution in [2.45, 2.75) is 18.6 Å². The third-order valence-electron chi connectivity index (χ3n) is 1.72. The summed E-state index contributed by atoms with van der Waals surface area (Å²) < 4.78 is 35.8. The van der Waals surface area contributed by atoms with Crippen LogP contribution in [-0.2, 0) is 9.59 Å². The number of halogens is 3. The molecule has 0 saturated heterocycles. The fourth-order valence-electron chi connectivity index (χ4n) is 0.947. The van der Waals surface area contributed by atoms with Gasteiger partial charge < -0.3 is 15.1 Å². The van der Waals surface area contributed by atoms with Crippen molar-refractivity contribution in [1.29, 1.82) is 0 Å². The number of aliphatic hydroxyl groups is 1. The van der Waals surface area contributed by atoms with Gasteiger partial charge in [0.25, 0.3) is 0 Å². The van der Waals surface area contributed by atoms with Crippen molar-refractivity contribution in [3.63, 3.8) is 0 Å². The lowest BCUT2D eigenvalue weighted by molar-refractivity contribution is -0.188. The van der Waals surface area contributed by atoms with Crippen molar-refractivity contribution >= 4 is 11.9 Å². The lowest BCUT2D eigenvalue weighted by atomic mass is 10.2. The summed E-state index contributed by atoms with van der Waals surface area (Å²) in [5.41, 5.74) is 0. The van der Waals surface area contributed by atoms with Gasteiger partial charge in [-0.2, -0.15) is 13.2 Å². The van der Waals surface area contributed by atoms with E-state index in [0.717, 1.165) is 7.05 Å². The highest BCUT2D eigenvalue weighted by Crippen LogP contribution is 2.19. The molecule has 1 amide bonds. The van der Waals surface area contributed by atoms with E-state index in [9.17, 15) is 22.8 Å². The number of carboxylic acid groups (broad SMARTS) is 1. The van der Waals surface area contributed by atoms with Gasteiger partial charge in [0.15, 0.2) is 0 Å². The maximum atomic E-state index is 11.9. The molecule has 0 aliphatic carbocycles. The van der Waals surface area contributed by atoms with Crippen molar-refractivity contribution < 1.29 is 33.0 Å². The molecule has 0 rings (SSSR count). The molecule has 0 bridgehead atoms. The molecule has 0 aliphatic heterocycles. The van der Waals surface area contributed by atoms with Crippen LogP contribution in [0.1, 0.15) is 6.42 Å². The SMILES string of the molecule is CN(C(=O)C(F)(F)F)[C@H](CCO)C(=O)O. The molecule has 0 aromatic carbocycles. The molecule has 0 heterocycles. The predicted molar refractivity (Wildman–Crippen MR) is 42.0 cm³/mol. The molecule has 0 saturated carbocycles. The standard InChI is InChI=1S/C7H10F3NO4/c1-11(6(15)7(8,9)10)4(2-3-12)5(13)14/h4,12H,2-3H2,1H3,(H,13,14)/t4-/m1/s1. The second-order valence-electron chi connectivity index (χ2n) is 2.78. The number of amides is 1. The Morgan fingerprint density at radius 3 is 2.13 bits per heavy atom. The zero-order chi connectivity index (χ0) is 12.2. The van der Waals surface area contributed by atoms with E-state index in [1.165, 1.54) is 0 Å². The highest BCUT2D eigenvalue weighted by Gasteiger charge is 2.44. The maximum absolute atomic E-state index is 11.9. The van der Waals surface area contributed by atoms with Crippen LogP contribution in [0.25, 0.3) is 0 Å². The van der Waals surface area contributed by atoms with E-state index in [-0.39, 0.29) is 4.90 Å². The summed E-state index contributed by atoms with van der Waals surface area (Å²) in [6.45, 7) is -0.619. The molecular weight excluding hydrogens is 219 g/mol. The Hall–Kier alpha value is -1.31. The average Bonchev–Trinajstić information content (AvgIpc) is 2.09. The average molecular weight is 229 g/mol. The molecule has 0 aliphatic rings. The molecule has 15 heavy (non-hydrogen) atoms. The van der Waals surface area contributed by atoms with Crippen LogP contribution < -0.4 is 0 Å². The van der Waals surface area contributed by atoms with Gasteiger partial charge in [-0.05, 0) is 0 Å². The second kappa shape index (κ2) is 4.96. The first-order valence-corrected chi connectivity index (χ1v) is 3.89. The van der Waals surface area contributed by atoms with Gasteiger partial charge in [-0.25, -0.2) is 4.79 Å². The van der Waals surface area contributed by atoms with Gasteiger partial charge in [0.2, 0.25) is 0 Å². The first kappa shape index (κ1) is 13.7. The summed E-state index contributed by atoms with van der Waals surface area (Å²) in [6, 6.07) is -1.68. The first-order chi connectivity index (χ1) is 6.71. The largest absolute Gasteiger partial charge is 0.480 e. The van der Waals surface area contributed by atoms with E-state index in [1.54, 1.807) is 0 Å². The van der Waals surface area contributed by atoms with Crippen molar-refractivity contribution in [2.75, 3.05) is 13.7 Å². The first-order valence-electron chi connectivity index (χ1n) is 3.89. The Morgan fingerprint density at radius 1 is 1.40 bits per heavy atom. The fraction of sp³-hybridized carbons (Fsp3) is 0.714. The van der Waals surface area contributed by atoms with E-state index in [2.05, 4.69) is 0 Å². The molecule has 2 N–H and O–H groups in total. The molecule has 88 valence electrons. The molecule has 8 heteroatoms. The minimum Gasteiger partial charge on any atom is -0.480 e. The number of aliphatic carboxylic acids is 1. The molecule has 0 unspecified atom stereocenters. The Bertz CT molecular complexity index is 253. The Kier molecular flexibility index (Phi) is 4.53. The number of carboxylic acids is 1. The number of nitrogens with zero attached hydrogens (tertiary/aromatic N) is 1. The lowest BCUT2D eigenvalue weighted by Gasteiger charge is -2.24. The molecule has 0 fully saturated rings. The third-order valence-corrected chi connectivity index (χ3v) is 1.72. The maximum Gasteiger partial charge on any atom is 0.471 e. The van der Waals surface area contributed by atoms with Crippen LogP contribution in [0.15, 0.2) is 0 Å². The molecule has 5 nitrogen and oxygen atoms in total. The van der Waals surface area contributed by atoms with Gasteiger partial charge in [-0.15, -0.1) is 0 Å². The van der Waals surface area contributed by atoms with E-state index in [0.29, 0.717) is 0 Å². The smallest absolute Gasteiger partial charge is 0.471 e. The molecule has 0 aromatic rings. The summed E-state index contributed by atoms with van der Waals surface area (Å²) in [6.07, 6.45) is -5.56. The van der Waals surface area contributed by atoms with Gasteiger partial charge >= 0.3 is 18.1 Å². The van der Waals surface area contributed by atoms with Crippen molar-refractivity contribution in [3.05, 3.63) is 0 Å². The number of hydrogen-bond acceptors (Lipinski definition) is 3. The summed E-state index contributed by atoms with van der Waals surface area (Å²) in [5.74, 6) is -3.84. The van der Waals surface area contributed by atoms with Crippen LogP contribution in [0.3, 0.4) is 0 Å². The van der Waals surface area contributed by atoms with Crippen LogP contribution in [0.4, 0.5) is 13.2 Å². The second-order valence-corrected chi connectivity index (χ2v) is 2.78. The molecule has 0 radical (unpaired) electrons. The number of carbonyl (C=O) groups is 2. The summed E-state index contributed by atoms with van der Waals surface area (Å²) in [5, 5.41) is 17.0. The molecular formula is C7H10F3NO4. The van der Waals surface area contributed by atoms with E-state index in [1.807, 2.05) is 0 Å². The lowest BCUT2D eigenvalue weighted by Crippen LogP contribution is -2.48. The number of likely N-dealkylation sites (N-methyl/N-ethyl adjacent to an activating group) is 1. The van der Waals surface area contributed by atoms with Crippen LogP contribution in [0, 0.1) is 0 Å². The number of aliphatic hydroxyl groups excluding tert-OH is 1. The molecule has 1 atom stereocenters.